The van der Waals surface area contributed by atoms with E-state index in [1.54, 1.807) is 0 Å². The number of nitrogens with zero attached hydrogens (tertiary/aromatic N) is 1. The van der Waals surface area contributed by atoms with Gasteiger partial charge >= 0.3 is 0 Å². The van der Waals surface area contributed by atoms with Gasteiger partial charge in [-0.25, -0.2) is 13.1 Å². The van der Waals surface area contributed by atoms with Gasteiger partial charge in [0.1, 0.15) is 12.4 Å². The lowest BCUT2D eigenvalue weighted by Gasteiger charge is -2.39. The Labute approximate surface area is 203 Å². The molecule has 1 N–H and O–H groups in total. The summed E-state index contributed by atoms with van der Waals surface area (Å²) < 4.78 is 32.3. The van der Waals surface area contributed by atoms with Gasteiger partial charge in [0.2, 0.25) is 10.0 Å². The predicted molar refractivity (Wildman–Crippen MR) is 135 cm³/mol. The molecule has 1 heterocycles. The molecule has 0 spiro atoms. The van der Waals surface area contributed by atoms with Crippen molar-refractivity contribution in [3.05, 3.63) is 64.2 Å². The first-order valence-corrected chi connectivity index (χ1v) is 14.2. The molecule has 0 radical (unpaired) electrons. The molecule has 2 atom stereocenters. The van der Waals surface area contributed by atoms with E-state index in [1.807, 2.05) is 25.1 Å². The van der Waals surface area contributed by atoms with E-state index in [9.17, 15) is 8.42 Å². The van der Waals surface area contributed by atoms with Crippen molar-refractivity contribution in [2.45, 2.75) is 57.4 Å². The van der Waals surface area contributed by atoms with Gasteiger partial charge in [0.05, 0.1) is 5.75 Å². The Morgan fingerprint density at radius 2 is 1.97 bits per heavy atom. The number of halogens is 1. The molecular weight excluding hydrogens is 456 g/mol. The molecule has 0 amide bonds. The summed E-state index contributed by atoms with van der Waals surface area (Å²) in [4.78, 5) is 2.67. The second-order valence-corrected chi connectivity index (χ2v) is 11.6. The molecule has 1 fully saturated rings. The maximum absolute atomic E-state index is 11.9. The summed E-state index contributed by atoms with van der Waals surface area (Å²) >= 11 is 6.30. The van der Waals surface area contributed by atoms with Crippen LogP contribution in [0.4, 0.5) is 0 Å². The molecular formula is C26H35ClN2O3S. The first kappa shape index (κ1) is 24.5. The number of fused-ring (bicyclic) bond motifs is 1. The fourth-order valence-corrected chi connectivity index (χ4v) is 6.62. The van der Waals surface area contributed by atoms with E-state index in [4.69, 9.17) is 16.3 Å². The van der Waals surface area contributed by atoms with E-state index in [0.717, 1.165) is 23.6 Å². The normalized spacial score (nSPS) is 21.2. The average molecular weight is 491 g/mol. The Kier molecular flexibility index (Phi) is 8.34. The van der Waals surface area contributed by atoms with Gasteiger partial charge < -0.3 is 4.74 Å². The summed E-state index contributed by atoms with van der Waals surface area (Å²) in [6.45, 7) is 4.82. The Balaban J connectivity index is 1.51. The standard InChI is InChI=1S/C26H35ClN2O3S/c1-2-16-33(30,31)28-12-15-32-23-10-8-21-9-11-26(29-13-3-4-14-29)25(24(21)19-23)18-20-6-5-7-22(27)17-20/h5-8,10,17,19,25-26,28H,2-4,9,11-16,18H2,1H3. The van der Waals surface area contributed by atoms with Crippen molar-refractivity contribution in [1.82, 2.24) is 9.62 Å². The van der Waals surface area contributed by atoms with Crippen LogP contribution < -0.4 is 9.46 Å². The zero-order valence-electron chi connectivity index (χ0n) is 19.4. The van der Waals surface area contributed by atoms with Crippen molar-refractivity contribution in [3.8, 4) is 5.75 Å². The highest BCUT2D eigenvalue weighted by atomic mass is 35.5. The minimum atomic E-state index is -3.21. The van der Waals surface area contributed by atoms with Crippen molar-refractivity contribution in [1.29, 1.82) is 0 Å². The van der Waals surface area contributed by atoms with Crippen molar-refractivity contribution in [3.63, 3.8) is 0 Å². The van der Waals surface area contributed by atoms with Gasteiger partial charge in [-0.2, -0.15) is 0 Å². The highest BCUT2D eigenvalue weighted by Gasteiger charge is 2.35. The van der Waals surface area contributed by atoms with Gasteiger partial charge in [0, 0.05) is 23.5 Å². The lowest BCUT2D eigenvalue weighted by Crippen LogP contribution is -2.41. The number of rotatable bonds is 10. The van der Waals surface area contributed by atoms with E-state index in [2.05, 4.69) is 33.9 Å². The number of aryl methyl sites for hydroxylation is 1. The SMILES string of the molecule is CCCS(=O)(=O)NCCOc1ccc2c(c1)C(Cc1cccc(Cl)c1)C(N1CCCC1)CC2. The van der Waals surface area contributed by atoms with Gasteiger partial charge in [-0.3, -0.25) is 4.90 Å². The van der Waals surface area contributed by atoms with Gasteiger partial charge in [-0.15, -0.1) is 0 Å². The number of likely N-dealkylation sites (tertiary alicyclic amines) is 1. The first-order chi connectivity index (χ1) is 15.9. The number of benzene rings is 2. The fourth-order valence-electron chi connectivity index (χ4n) is 5.33. The second kappa shape index (κ2) is 11.2. The third-order valence-corrected chi connectivity index (χ3v) is 8.64. The van der Waals surface area contributed by atoms with Crippen LogP contribution in [-0.2, 0) is 22.9 Å². The summed E-state index contributed by atoms with van der Waals surface area (Å²) in [5, 5.41) is 0.781. The Morgan fingerprint density at radius 3 is 2.73 bits per heavy atom. The molecule has 2 aromatic rings. The minimum Gasteiger partial charge on any atom is -0.492 e. The molecule has 7 heteroatoms. The number of nitrogens with one attached hydrogen (secondary N) is 1. The van der Waals surface area contributed by atoms with Crippen LogP contribution in [0.2, 0.25) is 5.02 Å². The van der Waals surface area contributed by atoms with Crippen LogP contribution in [0.25, 0.3) is 0 Å². The van der Waals surface area contributed by atoms with Gasteiger partial charge in [0.15, 0.2) is 0 Å². The number of hydrogen-bond donors (Lipinski definition) is 1. The fraction of sp³-hybridized carbons (Fsp3) is 0.538. The lowest BCUT2D eigenvalue weighted by atomic mass is 9.75. The molecule has 0 bridgehead atoms. The largest absolute Gasteiger partial charge is 0.492 e. The Bertz CT molecular complexity index is 1040. The predicted octanol–water partition coefficient (Wildman–Crippen LogP) is 4.79. The maximum atomic E-state index is 11.9. The summed E-state index contributed by atoms with van der Waals surface area (Å²) in [5.74, 6) is 1.34. The van der Waals surface area contributed by atoms with Crippen LogP contribution in [-0.4, -0.2) is 51.4 Å². The van der Waals surface area contributed by atoms with Crippen molar-refractivity contribution in [2.75, 3.05) is 32.0 Å². The smallest absolute Gasteiger partial charge is 0.211 e. The summed E-state index contributed by atoms with van der Waals surface area (Å²) in [5.41, 5.74) is 4.02. The number of sulfonamides is 1. The molecule has 4 rings (SSSR count). The zero-order valence-corrected chi connectivity index (χ0v) is 21.0. The highest BCUT2D eigenvalue weighted by molar-refractivity contribution is 7.89. The molecule has 1 aliphatic carbocycles. The molecule has 180 valence electrons. The second-order valence-electron chi connectivity index (χ2n) is 9.21. The van der Waals surface area contributed by atoms with Gasteiger partial charge in [0.25, 0.3) is 0 Å². The van der Waals surface area contributed by atoms with Gasteiger partial charge in [-0.05, 0) is 92.6 Å². The minimum absolute atomic E-state index is 0.148. The van der Waals surface area contributed by atoms with Crippen LogP contribution in [0.3, 0.4) is 0 Å². The molecule has 1 saturated heterocycles. The molecule has 33 heavy (non-hydrogen) atoms. The van der Waals surface area contributed by atoms with E-state index in [-0.39, 0.29) is 12.3 Å². The maximum Gasteiger partial charge on any atom is 0.211 e. The van der Waals surface area contributed by atoms with E-state index >= 15 is 0 Å². The molecule has 2 unspecified atom stereocenters. The van der Waals surface area contributed by atoms with Crippen molar-refractivity contribution >= 4 is 21.6 Å². The van der Waals surface area contributed by atoms with Crippen LogP contribution in [0.5, 0.6) is 5.75 Å². The first-order valence-electron chi connectivity index (χ1n) is 12.2. The molecule has 2 aliphatic rings. The van der Waals surface area contributed by atoms with E-state index in [0.29, 0.717) is 25.0 Å². The van der Waals surface area contributed by atoms with Crippen molar-refractivity contribution in [2.24, 2.45) is 0 Å². The lowest BCUT2D eigenvalue weighted by molar-refractivity contribution is 0.188. The summed E-state index contributed by atoms with van der Waals surface area (Å²) in [7, 11) is -3.21. The Morgan fingerprint density at radius 1 is 1.15 bits per heavy atom. The van der Waals surface area contributed by atoms with Gasteiger partial charge in [-0.1, -0.05) is 36.7 Å². The molecule has 5 nitrogen and oxygen atoms in total. The summed E-state index contributed by atoms with van der Waals surface area (Å²) in [6, 6.07) is 15.1. The highest BCUT2D eigenvalue weighted by Crippen LogP contribution is 2.40. The number of hydrogen-bond acceptors (Lipinski definition) is 4. The molecule has 0 aromatic heterocycles. The molecule has 2 aromatic carbocycles. The monoisotopic (exact) mass is 490 g/mol. The third kappa shape index (κ3) is 6.50. The quantitative estimate of drug-likeness (QED) is 0.487. The average Bonchev–Trinajstić information content (AvgIpc) is 3.32. The molecule has 1 aliphatic heterocycles. The summed E-state index contributed by atoms with van der Waals surface area (Å²) in [6.07, 6.45) is 6.38. The van der Waals surface area contributed by atoms with Crippen LogP contribution in [0.1, 0.15) is 55.2 Å². The zero-order chi connectivity index (χ0) is 23.3. The van der Waals surface area contributed by atoms with Crippen molar-refractivity contribution < 1.29 is 13.2 Å². The van der Waals surface area contributed by atoms with Crippen LogP contribution in [0, 0.1) is 0 Å². The third-order valence-electron chi connectivity index (χ3n) is 6.81. The molecule has 0 saturated carbocycles. The van der Waals surface area contributed by atoms with E-state index in [1.165, 1.54) is 49.0 Å². The Hall–Kier alpha value is -1.60. The van der Waals surface area contributed by atoms with E-state index < -0.39 is 10.0 Å². The van der Waals surface area contributed by atoms with Crippen LogP contribution >= 0.6 is 11.6 Å². The van der Waals surface area contributed by atoms with Crippen LogP contribution in [0.15, 0.2) is 42.5 Å². The topological polar surface area (TPSA) is 58.6 Å². The number of ether oxygens (including phenoxy) is 1.